The van der Waals surface area contributed by atoms with Gasteiger partial charge in [-0.25, -0.2) is 0 Å². The van der Waals surface area contributed by atoms with Gasteiger partial charge in [0, 0.05) is 0 Å². The van der Waals surface area contributed by atoms with Crippen molar-refractivity contribution in [2.75, 3.05) is 0 Å². The number of nitrogens with two attached hydrogens (primary N) is 2. The van der Waals surface area contributed by atoms with E-state index in [4.69, 9.17) is 42.1 Å². The maximum Gasteiger partial charge on any atom is 0.320 e. The number of aliphatic carboxylic acids is 2. The number of carboxylic acids is 2. The number of halogens is 1. The summed E-state index contributed by atoms with van der Waals surface area (Å²) in [5.41, 5.74) is 11.7. The Morgan fingerprint density at radius 3 is 1.24 bits per heavy atom. The summed E-state index contributed by atoms with van der Waals surface area (Å²) in [6, 6.07) is 6.18. The van der Waals surface area contributed by atoms with Gasteiger partial charge in [-0.2, -0.15) is 0 Å². The molecule has 0 fully saturated rings. The number of phenolic OH excluding ortho intramolecular Hbond substituents is 4. The molecule has 0 spiro atoms. The van der Waals surface area contributed by atoms with Crippen molar-refractivity contribution in [1.29, 1.82) is 0 Å². The van der Waals surface area contributed by atoms with Gasteiger partial charge in [0.2, 0.25) is 0 Å². The summed E-state index contributed by atoms with van der Waals surface area (Å²) in [6.07, 6.45) is 0.229. The maximum absolute atomic E-state index is 10.4. The van der Waals surface area contributed by atoms with Crippen LogP contribution in [0.15, 0.2) is 36.4 Å². The average molecular weight is 431 g/mol. The third kappa shape index (κ3) is 8.56. The van der Waals surface area contributed by atoms with Gasteiger partial charge in [-0.15, -0.1) is 12.4 Å². The molecular weight excluding hydrogens is 408 g/mol. The van der Waals surface area contributed by atoms with E-state index >= 15 is 0 Å². The molecule has 2 rings (SSSR count). The molecule has 0 radical (unpaired) electrons. The Balaban J connectivity index is 0.000000523. The zero-order valence-electron chi connectivity index (χ0n) is 15.1. The fourth-order valence-corrected chi connectivity index (χ4v) is 2.07. The molecule has 0 heterocycles. The monoisotopic (exact) mass is 430 g/mol. The molecule has 2 unspecified atom stereocenters. The van der Waals surface area contributed by atoms with Crippen molar-refractivity contribution in [2.24, 2.45) is 11.5 Å². The van der Waals surface area contributed by atoms with Gasteiger partial charge in [0.25, 0.3) is 0 Å². The second kappa shape index (κ2) is 11.6. The summed E-state index contributed by atoms with van der Waals surface area (Å²) in [7, 11) is 0. The molecule has 0 aliphatic rings. The van der Waals surface area contributed by atoms with Crippen LogP contribution in [0.25, 0.3) is 0 Å². The van der Waals surface area contributed by atoms with E-state index in [1.807, 2.05) is 0 Å². The number of hydrogen-bond donors (Lipinski definition) is 8. The molecule has 10 nitrogen and oxygen atoms in total. The van der Waals surface area contributed by atoms with Gasteiger partial charge >= 0.3 is 11.9 Å². The zero-order valence-corrected chi connectivity index (χ0v) is 15.9. The largest absolute Gasteiger partial charge is 0.504 e. The highest BCUT2D eigenvalue weighted by Gasteiger charge is 2.13. The van der Waals surface area contributed by atoms with E-state index < -0.39 is 24.0 Å². The molecule has 11 heteroatoms. The Morgan fingerprint density at radius 1 is 0.690 bits per heavy atom. The van der Waals surface area contributed by atoms with Crippen molar-refractivity contribution in [1.82, 2.24) is 0 Å². The summed E-state index contributed by atoms with van der Waals surface area (Å²) in [6.45, 7) is 0. The van der Waals surface area contributed by atoms with Gasteiger partial charge in [0.15, 0.2) is 23.0 Å². The fraction of sp³-hybridized carbons (Fsp3) is 0.222. The summed E-state index contributed by atoms with van der Waals surface area (Å²) in [4.78, 5) is 20.8. The Morgan fingerprint density at radius 2 is 1.00 bits per heavy atom. The summed E-state index contributed by atoms with van der Waals surface area (Å²) in [5, 5.41) is 53.3. The predicted molar refractivity (Wildman–Crippen MR) is 105 cm³/mol. The molecule has 0 bridgehead atoms. The summed E-state index contributed by atoms with van der Waals surface area (Å²) in [5.74, 6) is -3.23. The van der Waals surface area contributed by atoms with Crippen molar-refractivity contribution in [3.63, 3.8) is 0 Å². The molecule has 0 aliphatic heterocycles. The molecule has 0 aliphatic carbocycles. The lowest BCUT2D eigenvalue weighted by Crippen LogP contribution is -2.32. The molecule has 0 saturated heterocycles. The Bertz CT molecular complexity index is 777. The van der Waals surface area contributed by atoms with E-state index in [0.717, 1.165) is 0 Å². The molecule has 29 heavy (non-hydrogen) atoms. The lowest BCUT2D eigenvalue weighted by molar-refractivity contribution is -0.139. The number of carboxylic acid groups (broad SMARTS) is 2. The quantitative estimate of drug-likeness (QED) is 0.298. The van der Waals surface area contributed by atoms with E-state index in [2.05, 4.69) is 0 Å². The van der Waals surface area contributed by atoms with Gasteiger partial charge in [0.05, 0.1) is 0 Å². The van der Waals surface area contributed by atoms with Crippen molar-refractivity contribution in [2.45, 2.75) is 24.9 Å². The first-order valence-corrected chi connectivity index (χ1v) is 7.99. The highest BCUT2D eigenvalue weighted by molar-refractivity contribution is 5.85. The van der Waals surface area contributed by atoms with Crippen molar-refractivity contribution < 1.29 is 40.2 Å². The van der Waals surface area contributed by atoms with Crippen LogP contribution in [0.5, 0.6) is 23.0 Å². The minimum atomic E-state index is -1.10. The smallest absolute Gasteiger partial charge is 0.320 e. The van der Waals surface area contributed by atoms with Crippen LogP contribution < -0.4 is 11.5 Å². The van der Waals surface area contributed by atoms with Crippen LogP contribution in [0, 0.1) is 0 Å². The topological polar surface area (TPSA) is 208 Å². The minimum Gasteiger partial charge on any atom is -0.504 e. The number of benzene rings is 2. The maximum atomic E-state index is 10.4. The number of aromatic hydroxyl groups is 4. The lowest BCUT2D eigenvalue weighted by Gasteiger charge is -2.06. The van der Waals surface area contributed by atoms with Crippen LogP contribution in [0.3, 0.4) is 0 Å². The second-order valence-corrected chi connectivity index (χ2v) is 5.94. The van der Waals surface area contributed by atoms with Crippen LogP contribution in [0.2, 0.25) is 0 Å². The van der Waals surface area contributed by atoms with Crippen molar-refractivity contribution >= 4 is 24.3 Å². The van der Waals surface area contributed by atoms with Crippen LogP contribution in [0.1, 0.15) is 11.1 Å². The zero-order chi connectivity index (χ0) is 21.4. The molecule has 0 saturated carbocycles. The van der Waals surface area contributed by atoms with E-state index in [9.17, 15) is 9.59 Å². The molecular formula is C18H23ClN2O8. The third-order valence-corrected chi connectivity index (χ3v) is 3.63. The molecule has 2 atom stereocenters. The van der Waals surface area contributed by atoms with E-state index in [0.29, 0.717) is 11.1 Å². The highest BCUT2D eigenvalue weighted by Crippen LogP contribution is 2.26. The molecule has 0 aromatic heterocycles. The Labute approximate surface area is 172 Å². The molecule has 10 N–H and O–H groups in total. The predicted octanol–water partition coefficient (Wildman–Crippen LogP) is 0.526. The SMILES string of the molecule is Cl.NC(Cc1ccc(O)c(O)c1)C(=O)O.NC(Cc1ccc(O)c(O)c1)C(=O)O. The number of phenols is 4. The number of rotatable bonds is 6. The molecule has 160 valence electrons. The molecule has 2 aromatic carbocycles. The number of hydrogen-bond acceptors (Lipinski definition) is 8. The van der Waals surface area contributed by atoms with Gasteiger partial charge in [0.1, 0.15) is 12.1 Å². The Kier molecular flexibility index (Phi) is 10.3. The second-order valence-electron chi connectivity index (χ2n) is 5.94. The van der Waals surface area contributed by atoms with Gasteiger partial charge in [-0.3, -0.25) is 9.59 Å². The van der Waals surface area contributed by atoms with Crippen LogP contribution in [-0.4, -0.2) is 54.7 Å². The number of carbonyl (C=O) groups is 2. The molecule has 0 amide bonds. The van der Waals surface area contributed by atoms with Crippen LogP contribution in [-0.2, 0) is 22.4 Å². The standard InChI is InChI=1S/2C9H11NO4.ClH/c2*10-6(9(13)14)3-5-1-2-7(11)8(12)4-5;/h2*1-2,4,6,11-12H,3,10H2,(H,13,14);1H. The van der Waals surface area contributed by atoms with E-state index in [-0.39, 0.29) is 48.2 Å². The van der Waals surface area contributed by atoms with Crippen molar-refractivity contribution in [3.8, 4) is 23.0 Å². The van der Waals surface area contributed by atoms with Crippen molar-refractivity contribution in [3.05, 3.63) is 47.5 Å². The first-order chi connectivity index (χ1) is 13.0. The fourth-order valence-electron chi connectivity index (χ4n) is 2.07. The highest BCUT2D eigenvalue weighted by atomic mass is 35.5. The van der Waals surface area contributed by atoms with Gasteiger partial charge < -0.3 is 42.1 Å². The summed E-state index contributed by atoms with van der Waals surface area (Å²) >= 11 is 0. The average Bonchev–Trinajstić information content (AvgIpc) is 2.61. The third-order valence-electron chi connectivity index (χ3n) is 3.63. The first kappa shape index (κ1) is 25.8. The molecule has 2 aromatic rings. The van der Waals surface area contributed by atoms with Gasteiger partial charge in [-0.1, -0.05) is 12.1 Å². The van der Waals surface area contributed by atoms with Crippen LogP contribution in [0.4, 0.5) is 0 Å². The Hall–Kier alpha value is -3.21. The van der Waals surface area contributed by atoms with E-state index in [1.165, 1.54) is 36.4 Å². The van der Waals surface area contributed by atoms with Crippen LogP contribution >= 0.6 is 12.4 Å². The normalized spacial score (nSPS) is 11.9. The summed E-state index contributed by atoms with van der Waals surface area (Å²) < 4.78 is 0. The van der Waals surface area contributed by atoms with E-state index in [1.54, 1.807) is 0 Å². The lowest BCUT2D eigenvalue weighted by atomic mass is 10.1. The van der Waals surface area contributed by atoms with Gasteiger partial charge in [-0.05, 0) is 48.2 Å². The first-order valence-electron chi connectivity index (χ1n) is 7.99. The minimum absolute atomic E-state index is 0.